The molecule has 0 aliphatic carbocycles. The first-order valence-corrected chi connectivity index (χ1v) is 6.10. The van der Waals surface area contributed by atoms with Crippen LogP contribution in [-0.4, -0.2) is 15.9 Å². The fraction of sp³-hybridized carbons (Fsp3) is 0. The average Bonchev–Trinajstić information content (AvgIpc) is 2.43. The van der Waals surface area contributed by atoms with Crippen molar-refractivity contribution in [2.45, 2.75) is 0 Å². The van der Waals surface area contributed by atoms with E-state index in [4.69, 9.17) is 17.3 Å². The van der Waals surface area contributed by atoms with Crippen molar-refractivity contribution in [3.05, 3.63) is 57.1 Å². The van der Waals surface area contributed by atoms with Crippen molar-refractivity contribution in [2.24, 2.45) is 0 Å². The Bertz CT molecular complexity index is 733. The Balaban J connectivity index is 2.28. The highest BCUT2D eigenvalue weighted by Crippen LogP contribution is 2.28. The van der Waals surface area contributed by atoms with E-state index in [-0.39, 0.29) is 28.4 Å². The van der Waals surface area contributed by atoms with Crippen LogP contribution in [0.25, 0.3) is 0 Å². The molecular formula is C13H10ClN3O4. The molecule has 0 atom stereocenters. The maximum atomic E-state index is 12.0. The maximum absolute atomic E-state index is 12.0. The lowest BCUT2D eigenvalue weighted by atomic mass is 10.1. The number of carbonyl (C=O) groups is 1. The topological polar surface area (TPSA) is 118 Å². The summed E-state index contributed by atoms with van der Waals surface area (Å²) < 4.78 is 0. The molecule has 4 N–H and O–H groups in total. The molecule has 0 radical (unpaired) electrons. The number of carbonyl (C=O) groups excluding carboxylic acids is 1. The molecular weight excluding hydrogens is 298 g/mol. The fourth-order valence-electron chi connectivity index (χ4n) is 1.62. The summed E-state index contributed by atoms with van der Waals surface area (Å²) in [6.45, 7) is 0. The van der Waals surface area contributed by atoms with Gasteiger partial charge < -0.3 is 16.2 Å². The van der Waals surface area contributed by atoms with Gasteiger partial charge in [-0.05, 0) is 24.3 Å². The van der Waals surface area contributed by atoms with Crippen molar-refractivity contribution in [2.75, 3.05) is 11.1 Å². The number of phenolic OH excluding ortho intramolecular Hbond substituents is 1. The van der Waals surface area contributed by atoms with E-state index in [1.807, 2.05) is 0 Å². The molecule has 7 nitrogen and oxygen atoms in total. The highest BCUT2D eigenvalue weighted by atomic mass is 35.5. The number of phenols is 1. The Morgan fingerprint density at radius 2 is 2.00 bits per heavy atom. The highest BCUT2D eigenvalue weighted by molar-refractivity contribution is 6.33. The van der Waals surface area contributed by atoms with Crippen LogP contribution in [0.5, 0.6) is 5.75 Å². The molecule has 0 heterocycles. The monoisotopic (exact) mass is 307 g/mol. The molecule has 0 aliphatic rings. The third-order valence-corrected chi connectivity index (χ3v) is 3.04. The average molecular weight is 308 g/mol. The first-order chi connectivity index (χ1) is 9.88. The highest BCUT2D eigenvalue weighted by Gasteiger charge is 2.14. The zero-order valence-corrected chi connectivity index (χ0v) is 11.3. The molecule has 2 rings (SSSR count). The Labute approximate surface area is 124 Å². The summed E-state index contributed by atoms with van der Waals surface area (Å²) in [6.07, 6.45) is 0. The van der Waals surface area contributed by atoms with Gasteiger partial charge in [-0.3, -0.25) is 14.9 Å². The first-order valence-electron chi connectivity index (χ1n) is 5.72. The quantitative estimate of drug-likeness (QED) is 0.349. The lowest BCUT2D eigenvalue weighted by Crippen LogP contribution is -2.12. The molecule has 21 heavy (non-hydrogen) atoms. The number of nitrogens with two attached hydrogens (primary N) is 1. The summed E-state index contributed by atoms with van der Waals surface area (Å²) in [5, 5.41) is 23.0. The van der Waals surface area contributed by atoms with E-state index < -0.39 is 10.8 Å². The van der Waals surface area contributed by atoms with Gasteiger partial charge in [0, 0.05) is 17.7 Å². The second-order valence-electron chi connectivity index (χ2n) is 4.15. The summed E-state index contributed by atoms with van der Waals surface area (Å²) in [7, 11) is 0. The molecule has 0 saturated heterocycles. The number of nitrogen functional groups attached to an aromatic ring is 1. The van der Waals surface area contributed by atoms with Crippen LogP contribution in [0.1, 0.15) is 10.4 Å². The number of nitrogens with one attached hydrogen (secondary N) is 1. The Morgan fingerprint density at radius 3 is 2.62 bits per heavy atom. The molecule has 0 saturated carbocycles. The Kier molecular flexibility index (Phi) is 3.95. The molecule has 8 heteroatoms. The number of rotatable bonds is 3. The SMILES string of the molecule is Nc1cc(C(=O)Nc2cc([N+](=O)[O-])ccc2O)ccc1Cl. The molecule has 0 bridgehead atoms. The Hall–Kier alpha value is -2.80. The summed E-state index contributed by atoms with van der Waals surface area (Å²) in [5.74, 6) is -0.856. The summed E-state index contributed by atoms with van der Waals surface area (Å²) >= 11 is 5.75. The number of nitrogens with zero attached hydrogens (tertiary/aromatic N) is 1. The minimum atomic E-state index is -0.630. The van der Waals surface area contributed by atoms with Gasteiger partial charge in [-0.25, -0.2) is 0 Å². The minimum Gasteiger partial charge on any atom is -0.506 e. The summed E-state index contributed by atoms with van der Waals surface area (Å²) in [4.78, 5) is 22.1. The second kappa shape index (κ2) is 5.68. The van der Waals surface area contributed by atoms with Crippen molar-refractivity contribution in [3.63, 3.8) is 0 Å². The molecule has 2 aromatic rings. The molecule has 108 valence electrons. The number of hydrogen-bond acceptors (Lipinski definition) is 5. The standard InChI is InChI=1S/C13H10ClN3O4/c14-9-3-1-7(5-10(9)15)13(19)16-11-6-8(17(20)21)2-4-12(11)18/h1-6,18H,15H2,(H,16,19). The van der Waals surface area contributed by atoms with Crippen LogP contribution in [-0.2, 0) is 0 Å². The summed E-state index contributed by atoms with van der Waals surface area (Å²) in [6, 6.07) is 7.59. The lowest BCUT2D eigenvalue weighted by Gasteiger charge is -2.08. The molecule has 2 aromatic carbocycles. The number of benzene rings is 2. The van der Waals surface area contributed by atoms with Crippen molar-refractivity contribution >= 4 is 34.6 Å². The largest absolute Gasteiger partial charge is 0.506 e. The van der Waals surface area contributed by atoms with Gasteiger partial charge in [0.25, 0.3) is 11.6 Å². The van der Waals surface area contributed by atoms with Gasteiger partial charge in [0.1, 0.15) is 5.75 Å². The smallest absolute Gasteiger partial charge is 0.271 e. The molecule has 0 aromatic heterocycles. The molecule has 0 spiro atoms. The van der Waals surface area contributed by atoms with Gasteiger partial charge in [-0.2, -0.15) is 0 Å². The second-order valence-corrected chi connectivity index (χ2v) is 4.56. The van der Waals surface area contributed by atoms with Gasteiger partial charge in [-0.15, -0.1) is 0 Å². The number of nitro groups is 1. The van der Waals surface area contributed by atoms with Crippen LogP contribution in [0.15, 0.2) is 36.4 Å². The predicted octanol–water partition coefficient (Wildman–Crippen LogP) is 2.79. The normalized spacial score (nSPS) is 10.1. The van der Waals surface area contributed by atoms with Crippen LogP contribution >= 0.6 is 11.6 Å². The molecule has 0 fully saturated rings. The minimum absolute atomic E-state index is 0.0669. The number of anilines is 2. The van der Waals surface area contributed by atoms with Crippen molar-refractivity contribution in [1.82, 2.24) is 0 Å². The first kappa shape index (κ1) is 14.6. The van der Waals surface area contributed by atoms with E-state index in [0.29, 0.717) is 5.02 Å². The van der Waals surface area contributed by atoms with Gasteiger partial charge in [0.05, 0.1) is 21.3 Å². The number of non-ortho nitro benzene ring substituents is 1. The molecule has 0 aliphatic heterocycles. The van der Waals surface area contributed by atoms with Crippen molar-refractivity contribution in [1.29, 1.82) is 0 Å². The lowest BCUT2D eigenvalue weighted by molar-refractivity contribution is -0.384. The van der Waals surface area contributed by atoms with E-state index in [2.05, 4.69) is 5.32 Å². The fourth-order valence-corrected chi connectivity index (χ4v) is 1.73. The number of hydrogen-bond donors (Lipinski definition) is 3. The van der Waals surface area contributed by atoms with Gasteiger partial charge in [0.2, 0.25) is 0 Å². The number of aromatic hydroxyl groups is 1. The Morgan fingerprint density at radius 1 is 1.29 bits per heavy atom. The van der Waals surface area contributed by atoms with E-state index in [9.17, 15) is 20.0 Å². The van der Waals surface area contributed by atoms with Gasteiger partial charge >= 0.3 is 0 Å². The van der Waals surface area contributed by atoms with Crippen LogP contribution in [0.4, 0.5) is 17.1 Å². The zero-order valence-electron chi connectivity index (χ0n) is 10.5. The van der Waals surface area contributed by atoms with E-state index in [0.717, 1.165) is 18.2 Å². The molecule has 0 unspecified atom stereocenters. The van der Waals surface area contributed by atoms with E-state index in [1.165, 1.54) is 18.2 Å². The van der Waals surface area contributed by atoms with Crippen molar-refractivity contribution < 1.29 is 14.8 Å². The van der Waals surface area contributed by atoms with Crippen LogP contribution in [0, 0.1) is 10.1 Å². The van der Waals surface area contributed by atoms with Gasteiger partial charge in [-0.1, -0.05) is 11.6 Å². The predicted molar refractivity (Wildman–Crippen MR) is 78.6 cm³/mol. The molecule has 1 amide bonds. The summed E-state index contributed by atoms with van der Waals surface area (Å²) in [5.41, 5.74) is 5.72. The van der Waals surface area contributed by atoms with E-state index >= 15 is 0 Å². The maximum Gasteiger partial charge on any atom is 0.271 e. The van der Waals surface area contributed by atoms with Gasteiger partial charge in [0.15, 0.2) is 0 Å². The van der Waals surface area contributed by atoms with E-state index in [1.54, 1.807) is 0 Å². The number of nitro benzene ring substituents is 1. The van der Waals surface area contributed by atoms with Crippen LogP contribution in [0.2, 0.25) is 5.02 Å². The number of halogens is 1. The van der Waals surface area contributed by atoms with Crippen LogP contribution in [0.3, 0.4) is 0 Å². The third-order valence-electron chi connectivity index (χ3n) is 2.70. The third kappa shape index (κ3) is 3.21. The van der Waals surface area contributed by atoms with Crippen molar-refractivity contribution in [3.8, 4) is 5.75 Å². The zero-order chi connectivity index (χ0) is 15.6. The number of amides is 1. The van der Waals surface area contributed by atoms with Crippen LogP contribution < -0.4 is 11.1 Å².